The Morgan fingerprint density at radius 2 is 1.65 bits per heavy atom. The third kappa shape index (κ3) is 8.44. The first-order chi connectivity index (χ1) is 29.5. The van der Waals surface area contributed by atoms with Crippen molar-refractivity contribution in [3.63, 3.8) is 0 Å². The Labute approximate surface area is 370 Å². The maximum Gasteiger partial charge on any atom is 0.410 e. The number of aromatic nitrogens is 3. The highest BCUT2D eigenvalue weighted by Gasteiger charge is 2.47. The summed E-state index contributed by atoms with van der Waals surface area (Å²) < 4.78 is 46.6. The number of halogens is 1. The predicted molar refractivity (Wildman–Crippen MR) is 245 cm³/mol. The lowest BCUT2D eigenvalue weighted by atomic mass is 9.95. The van der Waals surface area contributed by atoms with Gasteiger partial charge in [0, 0.05) is 31.7 Å². The monoisotopic (exact) mass is 886 g/mol. The number of carbonyl (C=O) groups is 1. The summed E-state index contributed by atoms with van der Waals surface area (Å²) in [6.45, 7) is 23.0. The highest BCUT2D eigenvalue weighted by molar-refractivity contribution is 7.19. The number of anilines is 1. The minimum Gasteiger partial charge on any atom is -0.467 e. The second kappa shape index (κ2) is 17.4. The molecular weight excluding hydrogens is 824 g/mol. The number of hydrogen-bond donors (Lipinski definition) is 0. The Kier molecular flexibility index (Phi) is 12.4. The molecule has 8 rings (SSSR count). The van der Waals surface area contributed by atoms with Crippen molar-refractivity contribution in [1.82, 2.24) is 24.8 Å². The second-order valence-electron chi connectivity index (χ2n) is 19.6. The van der Waals surface area contributed by atoms with Gasteiger partial charge in [-0.2, -0.15) is 15.0 Å². The number of hydrogen-bond acceptors (Lipinski definition) is 12. The fourth-order valence-corrected chi connectivity index (χ4v) is 16.9. The van der Waals surface area contributed by atoms with Crippen LogP contribution in [-0.2, 0) is 9.47 Å². The van der Waals surface area contributed by atoms with Crippen LogP contribution in [-0.4, -0.2) is 109 Å². The molecule has 4 aliphatic heterocycles. The van der Waals surface area contributed by atoms with E-state index in [1.54, 1.807) is 19.2 Å². The number of ether oxygens (including phenoxy) is 5. The lowest BCUT2D eigenvalue weighted by molar-refractivity contribution is 0.0122. The van der Waals surface area contributed by atoms with E-state index in [0.29, 0.717) is 86.0 Å². The number of piperazine rings is 1. The molecule has 0 radical (unpaired) electrons. The van der Waals surface area contributed by atoms with Crippen LogP contribution in [0.1, 0.15) is 106 Å². The van der Waals surface area contributed by atoms with Gasteiger partial charge in [0.05, 0.1) is 23.2 Å². The number of amides is 1. The molecule has 2 aromatic carbocycles. The lowest BCUT2D eigenvalue weighted by Gasteiger charge is -2.41. The van der Waals surface area contributed by atoms with E-state index < -0.39 is 19.5 Å². The van der Waals surface area contributed by atoms with Crippen molar-refractivity contribution >= 4 is 52.4 Å². The molecule has 2 aromatic heterocycles. The lowest BCUT2D eigenvalue weighted by Crippen LogP contribution is -2.57. The van der Waals surface area contributed by atoms with Crippen LogP contribution in [0.15, 0.2) is 24.3 Å². The first-order valence-corrected chi connectivity index (χ1v) is 25.5. The average Bonchev–Trinajstić information content (AvgIpc) is 3.97. The molecule has 2 atom stereocenters. The Bertz CT molecular complexity index is 2330. The Morgan fingerprint density at radius 1 is 0.968 bits per heavy atom. The Balaban J connectivity index is 1.20. The summed E-state index contributed by atoms with van der Waals surface area (Å²) in [5.74, 6) is 4.48. The number of thiazole rings is 1. The van der Waals surface area contributed by atoms with Gasteiger partial charge in [0.25, 0.3) is 5.19 Å². The molecule has 4 saturated heterocycles. The summed E-state index contributed by atoms with van der Waals surface area (Å²) in [5, 5.41) is 1.57. The molecule has 0 spiro atoms. The average molecular weight is 887 g/mol. The van der Waals surface area contributed by atoms with Gasteiger partial charge in [-0.1, -0.05) is 64.9 Å². The molecule has 0 unspecified atom stereocenters. The van der Waals surface area contributed by atoms with E-state index in [1.807, 2.05) is 31.7 Å². The first kappa shape index (κ1) is 44.4. The number of methoxy groups -OCH3 is 1. The summed E-state index contributed by atoms with van der Waals surface area (Å²) >= 11 is 1.29. The molecule has 4 aliphatic rings. The Hall–Kier alpha value is -4.23. The Morgan fingerprint density at radius 3 is 2.27 bits per heavy atom. The van der Waals surface area contributed by atoms with E-state index in [0.717, 1.165) is 51.6 Å². The topological polar surface area (TPSA) is 112 Å². The molecule has 4 aromatic rings. The van der Waals surface area contributed by atoms with Crippen molar-refractivity contribution in [1.29, 1.82) is 0 Å². The normalized spacial score (nSPS) is 20.1. The van der Waals surface area contributed by atoms with Gasteiger partial charge in [0.1, 0.15) is 43.1 Å². The minimum atomic E-state index is -2.22. The molecule has 0 saturated carbocycles. The van der Waals surface area contributed by atoms with Crippen LogP contribution < -0.4 is 19.1 Å². The van der Waals surface area contributed by atoms with Gasteiger partial charge in [-0.3, -0.25) is 9.80 Å². The van der Waals surface area contributed by atoms with Crippen LogP contribution in [0.2, 0.25) is 16.6 Å². The van der Waals surface area contributed by atoms with Crippen molar-refractivity contribution < 1.29 is 32.9 Å². The second-order valence-corrected chi connectivity index (χ2v) is 26.1. The van der Waals surface area contributed by atoms with Crippen LogP contribution in [0.5, 0.6) is 22.7 Å². The molecule has 0 N–H and O–H groups in total. The van der Waals surface area contributed by atoms with Crippen molar-refractivity contribution in [3.05, 3.63) is 35.6 Å². The van der Waals surface area contributed by atoms with E-state index in [-0.39, 0.29) is 36.1 Å². The number of rotatable bonds is 12. The maximum atomic E-state index is 16.2. The van der Waals surface area contributed by atoms with Crippen molar-refractivity contribution in [2.45, 2.75) is 141 Å². The van der Waals surface area contributed by atoms with Crippen molar-refractivity contribution in [2.24, 2.45) is 0 Å². The third-order valence-electron chi connectivity index (χ3n) is 13.7. The third-order valence-corrected chi connectivity index (χ3v) is 20.8. The molecule has 2 bridgehead atoms. The minimum absolute atomic E-state index is 0.00704. The van der Waals surface area contributed by atoms with Gasteiger partial charge in [0.15, 0.2) is 17.4 Å². The number of nitrogens with zero attached hydrogens (tertiary/aromatic N) is 6. The van der Waals surface area contributed by atoms with Crippen molar-refractivity contribution in [3.8, 4) is 34.2 Å². The highest BCUT2D eigenvalue weighted by Crippen LogP contribution is 2.45. The van der Waals surface area contributed by atoms with Crippen LogP contribution >= 0.6 is 11.3 Å². The van der Waals surface area contributed by atoms with Gasteiger partial charge in [-0.15, -0.1) is 5.54 Å². The number of fused-ring (bicyclic) bond motifs is 5. The van der Waals surface area contributed by atoms with Gasteiger partial charge >= 0.3 is 12.1 Å². The zero-order chi connectivity index (χ0) is 44.1. The summed E-state index contributed by atoms with van der Waals surface area (Å²) in [6.07, 6.45) is 5.97. The number of benzene rings is 2. The van der Waals surface area contributed by atoms with Gasteiger partial charge < -0.3 is 28.6 Å². The molecule has 62 heavy (non-hydrogen) atoms. The van der Waals surface area contributed by atoms with E-state index >= 15 is 4.39 Å². The SMILES string of the molecule is COCOc1cc(Oc2nc3c(N4C[C@H]5CC[C@@H](C4)N5C(=O)OC(C)(C)C)nc(OCC45CCCN4CCC5)nc3s2)c2c(C#C[Si](C(C)C)(C(C)C)C(C)C)c(F)ccc2c1. The zero-order valence-electron chi connectivity index (χ0n) is 38.1. The summed E-state index contributed by atoms with van der Waals surface area (Å²) in [5.41, 5.74) is 5.12. The molecule has 1 amide bonds. The fraction of sp³-hybridized carbons (Fsp3) is 0.617. The van der Waals surface area contributed by atoms with Crippen molar-refractivity contribution in [2.75, 3.05) is 51.6 Å². The van der Waals surface area contributed by atoms with Crippen LogP contribution in [0.3, 0.4) is 0 Å². The van der Waals surface area contributed by atoms with E-state index in [9.17, 15) is 4.79 Å². The van der Waals surface area contributed by atoms with E-state index in [4.69, 9.17) is 38.6 Å². The summed E-state index contributed by atoms with van der Waals surface area (Å²) in [6, 6.07) is 7.01. The molecule has 0 aliphatic carbocycles. The zero-order valence-corrected chi connectivity index (χ0v) is 39.9. The molecule has 15 heteroatoms. The van der Waals surface area contributed by atoms with Crippen LogP contribution in [0.4, 0.5) is 15.0 Å². The molecular formula is C47H63FN6O6SSi. The quantitative estimate of drug-likeness (QED) is 0.0770. The largest absolute Gasteiger partial charge is 0.467 e. The van der Waals surface area contributed by atoms with Gasteiger partial charge in [-0.05, 0) is 107 Å². The first-order valence-electron chi connectivity index (χ1n) is 22.4. The molecule has 6 heterocycles. The fourth-order valence-electron chi connectivity index (χ4n) is 10.9. The molecule has 4 fully saturated rings. The van der Waals surface area contributed by atoms with Crippen LogP contribution in [0.25, 0.3) is 21.1 Å². The smallest absolute Gasteiger partial charge is 0.410 e. The summed E-state index contributed by atoms with van der Waals surface area (Å²) in [7, 11) is -0.662. The highest BCUT2D eigenvalue weighted by atomic mass is 32.1. The van der Waals surface area contributed by atoms with Gasteiger partial charge in [0.2, 0.25) is 0 Å². The van der Waals surface area contributed by atoms with E-state index in [1.165, 1.54) is 17.4 Å². The maximum absolute atomic E-state index is 16.2. The molecule has 12 nitrogen and oxygen atoms in total. The number of carbonyl (C=O) groups excluding carboxylic acids is 1. The van der Waals surface area contributed by atoms with E-state index in [2.05, 4.69) is 62.8 Å². The summed E-state index contributed by atoms with van der Waals surface area (Å²) in [4.78, 5) is 35.8. The molecule has 334 valence electrons. The van der Waals surface area contributed by atoms with Gasteiger partial charge in [-0.25, -0.2) is 9.18 Å². The standard InChI is InChI=1S/C47H63FN6O6SSi/c1-29(2)62(30(3)4,31(5)6)22-17-36-37(48)16-13-32-23-35(58-28-56-10)24-38(39(32)36)59-44-49-40-41(52-25-33-14-15-34(26-52)54(33)45(55)60-46(7,8)9)50-43(51-42(40)61-44)57-27-47-18-11-20-53(47)21-12-19-47/h13,16,23-24,29-31,33-34H,11-12,14-15,18-21,25-28H2,1-10H3/t33-,34+. The predicted octanol–water partition coefficient (Wildman–Crippen LogP) is 10.3. The van der Waals surface area contributed by atoms with Crippen LogP contribution in [0, 0.1) is 17.3 Å².